The van der Waals surface area contributed by atoms with Gasteiger partial charge in [-0.25, -0.2) is 14.4 Å². The van der Waals surface area contributed by atoms with Gasteiger partial charge in [0.25, 0.3) is 5.91 Å². The minimum Gasteiger partial charge on any atom is -0.372 e. The number of rotatable bonds is 3. The van der Waals surface area contributed by atoms with E-state index in [9.17, 15) is 9.18 Å². The standard InChI is InChI=1S/C13H13FN4O/c1-8-4-3-5-9(14)12(8)18-13(19)10-6-17-11(15-2)7-16-10/h3-7H,1-2H3,(H,15,17)(H,18,19). The summed E-state index contributed by atoms with van der Waals surface area (Å²) in [6.45, 7) is 1.72. The van der Waals surface area contributed by atoms with Gasteiger partial charge in [0.1, 0.15) is 17.3 Å². The molecule has 0 saturated carbocycles. The SMILES string of the molecule is CNc1cnc(C(=O)Nc2c(C)cccc2F)cn1. The molecule has 0 fully saturated rings. The number of carbonyl (C=O) groups is 1. The van der Waals surface area contributed by atoms with Gasteiger partial charge in [-0.2, -0.15) is 0 Å². The van der Waals surface area contributed by atoms with E-state index in [1.807, 2.05) is 0 Å². The Bertz CT molecular complexity index is 578. The predicted molar refractivity (Wildman–Crippen MR) is 70.7 cm³/mol. The summed E-state index contributed by atoms with van der Waals surface area (Å²) < 4.78 is 13.6. The van der Waals surface area contributed by atoms with Gasteiger partial charge in [-0.1, -0.05) is 12.1 Å². The topological polar surface area (TPSA) is 66.9 Å². The molecule has 1 amide bonds. The Kier molecular flexibility index (Phi) is 3.70. The van der Waals surface area contributed by atoms with Gasteiger partial charge < -0.3 is 10.6 Å². The van der Waals surface area contributed by atoms with Gasteiger partial charge in [-0.15, -0.1) is 0 Å². The van der Waals surface area contributed by atoms with Crippen LogP contribution in [-0.2, 0) is 0 Å². The van der Waals surface area contributed by atoms with Crippen LogP contribution in [0.5, 0.6) is 0 Å². The predicted octanol–water partition coefficient (Wildman–Crippen LogP) is 2.22. The second-order valence-electron chi connectivity index (χ2n) is 3.92. The first-order chi connectivity index (χ1) is 9.11. The summed E-state index contributed by atoms with van der Waals surface area (Å²) in [5.74, 6) is -0.421. The van der Waals surface area contributed by atoms with E-state index in [0.29, 0.717) is 11.4 Å². The molecule has 0 unspecified atom stereocenters. The van der Waals surface area contributed by atoms with E-state index in [-0.39, 0.29) is 11.4 Å². The average Bonchev–Trinajstić information content (AvgIpc) is 2.43. The van der Waals surface area contributed by atoms with Crippen molar-refractivity contribution in [2.24, 2.45) is 0 Å². The Morgan fingerprint density at radius 2 is 2.05 bits per heavy atom. The van der Waals surface area contributed by atoms with Crippen LogP contribution in [0.4, 0.5) is 15.9 Å². The molecule has 0 bridgehead atoms. The van der Waals surface area contributed by atoms with E-state index in [1.165, 1.54) is 18.5 Å². The van der Waals surface area contributed by atoms with Gasteiger partial charge in [-0.3, -0.25) is 4.79 Å². The normalized spacial score (nSPS) is 10.1. The highest BCUT2D eigenvalue weighted by Crippen LogP contribution is 2.19. The number of aromatic nitrogens is 2. The van der Waals surface area contributed by atoms with E-state index >= 15 is 0 Å². The highest BCUT2D eigenvalue weighted by atomic mass is 19.1. The Labute approximate surface area is 109 Å². The first kappa shape index (κ1) is 12.9. The van der Waals surface area contributed by atoms with E-state index in [1.54, 1.807) is 26.1 Å². The summed E-state index contributed by atoms with van der Waals surface area (Å²) in [5, 5.41) is 5.29. The van der Waals surface area contributed by atoms with Gasteiger partial charge >= 0.3 is 0 Å². The third kappa shape index (κ3) is 2.85. The zero-order valence-electron chi connectivity index (χ0n) is 10.6. The minimum atomic E-state index is -0.497. The van der Waals surface area contributed by atoms with Crippen molar-refractivity contribution in [1.82, 2.24) is 9.97 Å². The summed E-state index contributed by atoms with van der Waals surface area (Å²) in [6.07, 6.45) is 2.76. The summed E-state index contributed by atoms with van der Waals surface area (Å²) in [5.41, 5.74) is 0.932. The summed E-state index contributed by atoms with van der Waals surface area (Å²) in [6, 6.07) is 4.59. The fraction of sp³-hybridized carbons (Fsp3) is 0.154. The lowest BCUT2D eigenvalue weighted by Crippen LogP contribution is -2.16. The smallest absolute Gasteiger partial charge is 0.275 e. The van der Waals surface area contributed by atoms with Gasteiger partial charge in [0.15, 0.2) is 0 Å². The number of benzene rings is 1. The molecule has 0 spiro atoms. The molecule has 0 radical (unpaired) electrons. The van der Waals surface area contributed by atoms with Crippen LogP contribution in [0.1, 0.15) is 16.1 Å². The maximum absolute atomic E-state index is 13.6. The van der Waals surface area contributed by atoms with Gasteiger partial charge in [-0.05, 0) is 18.6 Å². The minimum absolute atomic E-state index is 0.127. The molecule has 19 heavy (non-hydrogen) atoms. The number of para-hydroxylation sites is 1. The molecule has 98 valence electrons. The number of aryl methyl sites for hydroxylation is 1. The molecule has 2 rings (SSSR count). The lowest BCUT2D eigenvalue weighted by Gasteiger charge is -2.08. The van der Waals surface area contributed by atoms with Gasteiger partial charge in [0, 0.05) is 7.05 Å². The molecular weight excluding hydrogens is 247 g/mol. The van der Waals surface area contributed by atoms with Crippen LogP contribution >= 0.6 is 0 Å². The summed E-state index contributed by atoms with van der Waals surface area (Å²) >= 11 is 0. The van der Waals surface area contributed by atoms with Crippen LogP contribution in [-0.4, -0.2) is 22.9 Å². The molecule has 1 aromatic carbocycles. The molecule has 2 aromatic rings. The van der Waals surface area contributed by atoms with Gasteiger partial charge in [0.2, 0.25) is 0 Å². The van der Waals surface area contributed by atoms with Crippen molar-refractivity contribution >= 4 is 17.4 Å². The summed E-state index contributed by atoms with van der Waals surface area (Å²) in [4.78, 5) is 19.8. The van der Waals surface area contributed by atoms with E-state index < -0.39 is 11.7 Å². The van der Waals surface area contributed by atoms with Crippen LogP contribution in [0.2, 0.25) is 0 Å². The van der Waals surface area contributed by atoms with Crippen LogP contribution in [0.25, 0.3) is 0 Å². The Balaban J connectivity index is 2.20. The van der Waals surface area contributed by atoms with Crippen LogP contribution in [0.3, 0.4) is 0 Å². The third-order valence-electron chi connectivity index (χ3n) is 2.60. The fourth-order valence-corrected chi connectivity index (χ4v) is 1.54. The second-order valence-corrected chi connectivity index (χ2v) is 3.92. The van der Waals surface area contributed by atoms with Gasteiger partial charge in [0.05, 0.1) is 18.1 Å². The second kappa shape index (κ2) is 5.43. The molecule has 2 N–H and O–H groups in total. The first-order valence-electron chi connectivity index (χ1n) is 5.68. The molecular formula is C13H13FN4O. The number of halogens is 1. The van der Waals surface area contributed by atoms with E-state index in [4.69, 9.17) is 0 Å². The number of carbonyl (C=O) groups excluding carboxylic acids is 1. The van der Waals surface area contributed by atoms with Crippen LogP contribution in [0.15, 0.2) is 30.6 Å². The number of nitrogens with one attached hydrogen (secondary N) is 2. The quantitative estimate of drug-likeness (QED) is 0.888. The molecule has 0 aliphatic rings. The first-order valence-corrected chi connectivity index (χ1v) is 5.68. The average molecular weight is 260 g/mol. The molecule has 5 nitrogen and oxygen atoms in total. The number of amides is 1. The van der Waals surface area contributed by atoms with Crippen molar-refractivity contribution in [1.29, 1.82) is 0 Å². The Hall–Kier alpha value is -2.50. The van der Waals surface area contributed by atoms with Crippen molar-refractivity contribution in [3.63, 3.8) is 0 Å². The third-order valence-corrected chi connectivity index (χ3v) is 2.60. The maximum Gasteiger partial charge on any atom is 0.275 e. The molecule has 0 saturated heterocycles. The monoisotopic (exact) mass is 260 g/mol. The molecule has 0 atom stereocenters. The van der Waals surface area contributed by atoms with Crippen LogP contribution < -0.4 is 10.6 Å². The summed E-state index contributed by atoms with van der Waals surface area (Å²) in [7, 11) is 1.70. The number of hydrogen-bond donors (Lipinski definition) is 2. The van der Waals surface area contributed by atoms with Crippen molar-refractivity contribution < 1.29 is 9.18 Å². The molecule has 0 aliphatic heterocycles. The largest absolute Gasteiger partial charge is 0.372 e. The van der Waals surface area contributed by atoms with Crippen molar-refractivity contribution in [3.8, 4) is 0 Å². The molecule has 0 aliphatic carbocycles. The Morgan fingerprint density at radius 1 is 1.26 bits per heavy atom. The zero-order valence-corrected chi connectivity index (χ0v) is 10.6. The molecule has 1 heterocycles. The van der Waals surface area contributed by atoms with E-state index in [0.717, 1.165) is 0 Å². The Morgan fingerprint density at radius 3 is 2.63 bits per heavy atom. The maximum atomic E-state index is 13.6. The molecule has 1 aromatic heterocycles. The van der Waals surface area contributed by atoms with Crippen molar-refractivity contribution in [2.75, 3.05) is 17.7 Å². The number of nitrogens with zero attached hydrogens (tertiary/aromatic N) is 2. The van der Waals surface area contributed by atoms with E-state index in [2.05, 4.69) is 20.6 Å². The van der Waals surface area contributed by atoms with Crippen molar-refractivity contribution in [2.45, 2.75) is 6.92 Å². The number of hydrogen-bond acceptors (Lipinski definition) is 4. The molecule has 6 heteroatoms. The lowest BCUT2D eigenvalue weighted by atomic mass is 10.2. The van der Waals surface area contributed by atoms with Crippen molar-refractivity contribution in [3.05, 3.63) is 47.7 Å². The lowest BCUT2D eigenvalue weighted by molar-refractivity contribution is 0.102. The number of anilines is 2. The van der Waals surface area contributed by atoms with Crippen LogP contribution in [0, 0.1) is 12.7 Å². The highest BCUT2D eigenvalue weighted by molar-refractivity contribution is 6.03. The fourth-order valence-electron chi connectivity index (χ4n) is 1.54. The zero-order chi connectivity index (χ0) is 13.8. The highest BCUT2D eigenvalue weighted by Gasteiger charge is 2.12.